The fourth-order valence-electron chi connectivity index (χ4n) is 3.04. The molecule has 0 aliphatic heterocycles. The van der Waals surface area contributed by atoms with Crippen LogP contribution in [0.25, 0.3) is 16.8 Å². The maximum atomic E-state index is 13.7. The van der Waals surface area contributed by atoms with Crippen molar-refractivity contribution in [2.24, 2.45) is 0 Å². The average molecular weight is 440 g/mol. The first-order valence-corrected chi connectivity index (χ1v) is 11.0. The van der Waals surface area contributed by atoms with E-state index in [1.165, 1.54) is 12.1 Å². The highest BCUT2D eigenvalue weighted by atomic mass is 32.2. The number of benzene rings is 2. The molecule has 0 saturated carbocycles. The van der Waals surface area contributed by atoms with Crippen LogP contribution >= 0.6 is 0 Å². The minimum Gasteiger partial charge on any atom is -0.382 e. The second-order valence-corrected chi connectivity index (χ2v) is 8.31. The molecular formula is C21H17FN4O4S. The molecule has 0 aliphatic carbocycles. The van der Waals surface area contributed by atoms with Crippen LogP contribution in [0.2, 0.25) is 0 Å². The maximum Gasteiger partial charge on any atom is 0.306 e. The summed E-state index contributed by atoms with van der Waals surface area (Å²) in [6.07, 6.45) is 2.56. The normalized spacial score (nSPS) is 11.4. The van der Waals surface area contributed by atoms with Gasteiger partial charge in [0.15, 0.2) is 17.2 Å². The van der Waals surface area contributed by atoms with Gasteiger partial charge in [-0.3, -0.25) is 9.20 Å². The first kappa shape index (κ1) is 20.5. The number of pyridine rings is 1. The fraction of sp³-hybridized carbons (Fsp3) is 0.0952. The zero-order valence-electron chi connectivity index (χ0n) is 16.3. The molecule has 2 aromatic carbocycles. The van der Waals surface area contributed by atoms with Gasteiger partial charge in [0.25, 0.3) is 5.91 Å². The van der Waals surface area contributed by atoms with Crippen molar-refractivity contribution in [2.45, 2.75) is 6.54 Å². The van der Waals surface area contributed by atoms with Crippen molar-refractivity contribution in [1.29, 1.82) is 0 Å². The molecule has 0 fully saturated rings. The monoisotopic (exact) mass is 440 g/mol. The number of hydrogen-bond donors (Lipinski definition) is 1. The number of nitrogens with one attached hydrogen (secondary N) is 1. The number of nitrogens with zero attached hydrogens (tertiary/aromatic N) is 3. The summed E-state index contributed by atoms with van der Waals surface area (Å²) in [6.45, 7) is 0.120. The molecule has 4 rings (SSSR count). The molecule has 0 aliphatic rings. The van der Waals surface area contributed by atoms with E-state index >= 15 is 0 Å². The Labute approximate surface area is 177 Å². The minimum absolute atomic E-state index is 0.120. The average Bonchev–Trinajstić information content (AvgIpc) is 3.14. The van der Waals surface area contributed by atoms with E-state index in [9.17, 15) is 17.6 Å². The number of carbonyl (C=O) groups excluding carboxylic acids is 1. The van der Waals surface area contributed by atoms with Crippen LogP contribution in [0.15, 0.2) is 66.9 Å². The van der Waals surface area contributed by atoms with E-state index in [4.69, 9.17) is 4.18 Å². The van der Waals surface area contributed by atoms with Gasteiger partial charge in [-0.25, -0.2) is 4.39 Å². The van der Waals surface area contributed by atoms with Gasteiger partial charge in [0.05, 0.1) is 12.8 Å². The molecule has 31 heavy (non-hydrogen) atoms. The molecule has 1 amide bonds. The van der Waals surface area contributed by atoms with Crippen LogP contribution in [0.3, 0.4) is 0 Å². The van der Waals surface area contributed by atoms with Crippen molar-refractivity contribution in [1.82, 2.24) is 19.9 Å². The highest BCUT2D eigenvalue weighted by Crippen LogP contribution is 2.32. The summed E-state index contributed by atoms with van der Waals surface area (Å²) in [4.78, 5) is 12.3. The number of amides is 1. The SMILES string of the molecule is CS(=O)(=O)Oc1cc(F)ccc1-c1ccc2nnc(CNC(=O)c3ccccc3)n2c1. The molecular weight excluding hydrogens is 423 g/mol. The van der Waals surface area contributed by atoms with Gasteiger partial charge in [-0.2, -0.15) is 8.42 Å². The molecule has 10 heteroatoms. The van der Waals surface area contributed by atoms with Crippen molar-refractivity contribution < 1.29 is 21.8 Å². The molecule has 4 aromatic rings. The molecule has 0 unspecified atom stereocenters. The molecule has 1 N–H and O–H groups in total. The van der Waals surface area contributed by atoms with E-state index in [0.717, 1.165) is 12.3 Å². The Morgan fingerprint density at radius 1 is 1.10 bits per heavy atom. The van der Waals surface area contributed by atoms with Gasteiger partial charge in [-0.05, 0) is 36.4 Å². The van der Waals surface area contributed by atoms with Crippen LogP contribution < -0.4 is 9.50 Å². The second-order valence-electron chi connectivity index (χ2n) is 6.74. The largest absolute Gasteiger partial charge is 0.382 e. The van der Waals surface area contributed by atoms with E-state index in [0.29, 0.717) is 28.2 Å². The Bertz CT molecular complexity index is 1370. The second kappa shape index (κ2) is 8.15. The van der Waals surface area contributed by atoms with Crippen molar-refractivity contribution in [3.8, 4) is 16.9 Å². The summed E-state index contributed by atoms with van der Waals surface area (Å²) < 4.78 is 43.4. The number of hydrogen-bond acceptors (Lipinski definition) is 6. The van der Waals surface area contributed by atoms with E-state index in [-0.39, 0.29) is 18.2 Å². The van der Waals surface area contributed by atoms with Gasteiger partial charge >= 0.3 is 10.1 Å². The third kappa shape index (κ3) is 4.69. The van der Waals surface area contributed by atoms with Crippen LogP contribution in [0.4, 0.5) is 4.39 Å². The van der Waals surface area contributed by atoms with Crippen molar-refractivity contribution in [2.75, 3.05) is 6.26 Å². The zero-order valence-corrected chi connectivity index (χ0v) is 17.1. The van der Waals surface area contributed by atoms with Crippen LogP contribution in [-0.4, -0.2) is 35.2 Å². The highest BCUT2D eigenvalue weighted by Gasteiger charge is 2.15. The van der Waals surface area contributed by atoms with E-state index < -0.39 is 15.9 Å². The Balaban J connectivity index is 1.66. The molecule has 0 radical (unpaired) electrons. The molecule has 0 atom stereocenters. The summed E-state index contributed by atoms with van der Waals surface area (Å²) >= 11 is 0. The topological polar surface area (TPSA) is 103 Å². The molecule has 0 bridgehead atoms. The van der Waals surface area contributed by atoms with Gasteiger partial charge in [-0.15, -0.1) is 10.2 Å². The van der Waals surface area contributed by atoms with Crippen LogP contribution in [0.5, 0.6) is 5.75 Å². The first-order valence-electron chi connectivity index (χ1n) is 9.16. The zero-order chi connectivity index (χ0) is 22.0. The minimum atomic E-state index is -3.85. The lowest BCUT2D eigenvalue weighted by Crippen LogP contribution is -2.23. The van der Waals surface area contributed by atoms with E-state index in [1.54, 1.807) is 47.0 Å². The lowest BCUT2D eigenvalue weighted by molar-refractivity contribution is 0.0949. The standard InChI is InChI=1S/C21H17FN4O4S/c1-31(28,29)30-18-11-16(22)8-9-17(18)15-7-10-19-24-25-20(26(19)13-15)12-23-21(27)14-5-3-2-4-6-14/h2-11,13H,12H2,1H3,(H,23,27). The molecule has 158 valence electrons. The van der Waals surface area contributed by atoms with Gasteiger partial charge in [-0.1, -0.05) is 18.2 Å². The fourth-order valence-corrected chi connectivity index (χ4v) is 3.50. The number of fused-ring (bicyclic) bond motifs is 1. The lowest BCUT2D eigenvalue weighted by Gasteiger charge is -2.11. The summed E-state index contributed by atoms with van der Waals surface area (Å²) in [5.41, 5.74) is 1.98. The number of halogens is 1. The first-order chi connectivity index (χ1) is 14.8. The number of aromatic nitrogens is 3. The van der Waals surface area contributed by atoms with Gasteiger partial charge in [0.2, 0.25) is 0 Å². The molecule has 2 aromatic heterocycles. The summed E-state index contributed by atoms with van der Waals surface area (Å²) in [5, 5.41) is 11.0. The van der Waals surface area contributed by atoms with Gasteiger partial charge in [0, 0.05) is 29.0 Å². The van der Waals surface area contributed by atoms with Crippen molar-refractivity contribution in [3.63, 3.8) is 0 Å². The smallest absolute Gasteiger partial charge is 0.306 e. The Hall–Kier alpha value is -3.79. The Kier molecular flexibility index (Phi) is 5.38. The lowest BCUT2D eigenvalue weighted by atomic mass is 10.1. The van der Waals surface area contributed by atoms with Crippen LogP contribution in [0.1, 0.15) is 16.2 Å². The predicted molar refractivity (Wildman–Crippen MR) is 111 cm³/mol. The Morgan fingerprint density at radius 3 is 2.61 bits per heavy atom. The quantitative estimate of drug-likeness (QED) is 0.463. The van der Waals surface area contributed by atoms with Crippen molar-refractivity contribution in [3.05, 3.63) is 84.1 Å². The van der Waals surface area contributed by atoms with E-state index in [2.05, 4.69) is 15.5 Å². The highest BCUT2D eigenvalue weighted by molar-refractivity contribution is 7.86. The third-order valence-corrected chi connectivity index (χ3v) is 4.89. The number of carbonyl (C=O) groups is 1. The molecule has 0 spiro atoms. The summed E-state index contributed by atoms with van der Waals surface area (Å²) in [7, 11) is -3.85. The molecule has 8 nitrogen and oxygen atoms in total. The number of rotatable bonds is 6. The Morgan fingerprint density at radius 2 is 1.87 bits per heavy atom. The molecule has 0 saturated heterocycles. The summed E-state index contributed by atoms with van der Waals surface area (Å²) in [5.74, 6) is -0.546. The predicted octanol–water partition coefficient (Wildman–Crippen LogP) is 2.80. The van der Waals surface area contributed by atoms with Crippen LogP contribution in [-0.2, 0) is 16.7 Å². The maximum absolute atomic E-state index is 13.7. The van der Waals surface area contributed by atoms with Crippen LogP contribution in [0, 0.1) is 5.82 Å². The third-order valence-electron chi connectivity index (χ3n) is 4.41. The molecule has 2 heterocycles. The van der Waals surface area contributed by atoms with Crippen molar-refractivity contribution >= 4 is 21.7 Å². The van der Waals surface area contributed by atoms with Gasteiger partial charge < -0.3 is 9.50 Å². The van der Waals surface area contributed by atoms with E-state index in [1.807, 2.05) is 6.07 Å². The van der Waals surface area contributed by atoms with Gasteiger partial charge in [0.1, 0.15) is 5.82 Å². The summed E-state index contributed by atoms with van der Waals surface area (Å²) in [6, 6.07) is 15.8.